The molecular weight excluding hydrogens is 285 g/mol. The third-order valence-corrected chi connectivity index (χ3v) is 2.96. The van der Waals surface area contributed by atoms with E-state index in [1.54, 1.807) is 12.1 Å². The summed E-state index contributed by atoms with van der Waals surface area (Å²) >= 11 is 5.89. The number of benzene rings is 1. The van der Waals surface area contributed by atoms with Crippen LogP contribution in [0, 0.1) is 5.82 Å². The number of ether oxygens (including phenoxy) is 1. The Balaban J connectivity index is 2.02. The molecule has 0 spiro atoms. The van der Waals surface area contributed by atoms with Crippen molar-refractivity contribution in [1.29, 1.82) is 0 Å². The van der Waals surface area contributed by atoms with Gasteiger partial charge in [0.15, 0.2) is 11.5 Å². The molecule has 3 rings (SSSR count). The van der Waals surface area contributed by atoms with Crippen LogP contribution in [0.5, 0.6) is 0 Å². The van der Waals surface area contributed by atoms with Crippen molar-refractivity contribution < 1.29 is 18.3 Å². The van der Waals surface area contributed by atoms with Gasteiger partial charge in [-0.2, -0.15) is 0 Å². The lowest BCUT2D eigenvalue weighted by Gasteiger charge is -1.99. The molecule has 0 radical (unpaired) electrons. The molecule has 0 saturated carbocycles. The van der Waals surface area contributed by atoms with Crippen LogP contribution in [-0.4, -0.2) is 11.9 Å². The molecule has 0 atom stereocenters. The van der Waals surface area contributed by atoms with Crippen molar-refractivity contribution in [1.82, 2.24) is 0 Å². The molecule has 4 nitrogen and oxygen atoms in total. The molecule has 0 amide bonds. The second-order valence-corrected chi connectivity index (χ2v) is 4.36. The normalized spacial score (nSPS) is 16.4. The lowest BCUT2D eigenvalue weighted by Crippen LogP contribution is -2.04. The average molecular weight is 292 g/mol. The van der Waals surface area contributed by atoms with Gasteiger partial charge in [-0.25, -0.2) is 14.2 Å². The van der Waals surface area contributed by atoms with Crippen molar-refractivity contribution >= 4 is 29.5 Å². The maximum Gasteiger partial charge on any atom is 0.363 e. The highest BCUT2D eigenvalue weighted by Gasteiger charge is 2.26. The van der Waals surface area contributed by atoms with E-state index in [-0.39, 0.29) is 22.2 Å². The van der Waals surface area contributed by atoms with Gasteiger partial charge >= 0.3 is 5.97 Å². The van der Waals surface area contributed by atoms with E-state index in [9.17, 15) is 9.18 Å². The van der Waals surface area contributed by atoms with Gasteiger partial charge in [-0.1, -0.05) is 17.7 Å². The van der Waals surface area contributed by atoms with Crippen LogP contribution in [0.4, 0.5) is 4.39 Å². The van der Waals surface area contributed by atoms with Gasteiger partial charge in [-0.3, -0.25) is 0 Å². The lowest BCUT2D eigenvalue weighted by molar-refractivity contribution is -0.130. The minimum Gasteiger partial charge on any atom is -0.459 e. The molecule has 0 saturated heterocycles. The minimum absolute atomic E-state index is 0.0385. The zero-order valence-corrected chi connectivity index (χ0v) is 10.7. The second-order valence-electron chi connectivity index (χ2n) is 3.95. The summed E-state index contributed by atoms with van der Waals surface area (Å²) in [5.41, 5.74) is 0.0500. The first-order valence-corrected chi connectivity index (χ1v) is 6.03. The van der Waals surface area contributed by atoms with Crippen LogP contribution < -0.4 is 0 Å². The number of rotatable bonds is 2. The maximum absolute atomic E-state index is 13.7. The van der Waals surface area contributed by atoms with Gasteiger partial charge in [0.1, 0.15) is 5.82 Å². The highest BCUT2D eigenvalue weighted by Crippen LogP contribution is 2.25. The van der Waals surface area contributed by atoms with Crippen molar-refractivity contribution in [2.24, 2.45) is 4.99 Å². The van der Waals surface area contributed by atoms with Crippen LogP contribution in [-0.2, 0) is 9.53 Å². The third kappa shape index (κ3) is 2.23. The van der Waals surface area contributed by atoms with Gasteiger partial charge < -0.3 is 9.15 Å². The Labute approximate surface area is 118 Å². The number of carbonyl (C=O) groups excluding carboxylic acids is 1. The monoisotopic (exact) mass is 291 g/mol. The minimum atomic E-state index is -0.685. The predicted octanol–water partition coefficient (Wildman–Crippen LogP) is 3.42. The Kier molecular flexibility index (Phi) is 3.12. The number of nitrogens with zero attached hydrogens (tertiary/aromatic N) is 1. The average Bonchev–Trinajstić information content (AvgIpc) is 3.04. The molecule has 1 aliphatic rings. The van der Waals surface area contributed by atoms with Crippen molar-refractivity contribution in [2.75, 3.05) is 0 Å². The molecule has 100 valence electrons. The summed E-state index contributed by atoms with van der Waals surface area (Å²) in [4.78, 5) is 15.7. The Morgan fingerprint density at radius 2 is 2.10 bits per heavy atom. The van der Waals surface area contributed by atoms with Crippen molar-refractivity contribution in [3.63, 3.8) is 0 Å². The van der Waals surface area contributed by atoms with Crippen molar-refractivity contribution in [2.45, 2.75) is 0 Å². The highest BCUT2D eigenvalue weighted by molar-refractivity contribution is 6.32. The van der Waals surface area contributed by atoms with Crippen LogP contribution in [0.25, 0.3) is 6.08 Å². The summed E-state index contributed by atoms with van der Waals surface area (Å²) in [6.45, 7) is 0. The lowest BCUT2D eigenvalue weighted by atomic mass is 10.2. The van der Waals surface area contributed by atoms with E-state index in [0.717, 1.165) is 0 Å². The molecule has 0 unspecified atom stereocenters. The Morgan fingerprint density at radius 1 is 1.25 bits per heavy atom. The zero-order valence-electron chi connectivity index (χ0n) is 9.97. The zero-order chi connectivity index (χ0) is 14.1. The topological polar surface area (TPSA) is 51.8 Å². The largest absolute Gasteiger partial charge is 0.459 e. The molecule has 1 aliphatic heterocycles. The van der Waals surface area contributed by atoms with Gasteiger partial charge in [0.25, 0.3) is 5.90 Å². The molecule has 0 fully saturated rings. The SMILES string of the molecule is O=C1OC(c2ccco2)=N/C1=C\c1c(F)cccc1Cl. The molecule has 2 heterocycles. The Hall–Kier alpha value is -2.40. The number of aliphatic imine (C=N–C) groups is 1. The quantitative estimate of drug-likeness (QED) is 0.629. The van der Waals surface area contributed by atoms with Crippen LogP contribution in [0.1, 0.15) is 11.3 Å². The van der Waals surface area contributed by atoms with Gasteiger partial charge in [0, 0.05) is 5.56 Å². The molecule has 0 bridgehead atoms. The standard InChI is InChI=1S/C14H7ClFNO3/c15-9-3-1-4-10(16)8(9)7-11-14(18)20-13(17-11)12-5-2-6-19-12/h1-7H/b11-7-. The molecule has 20 heavy (non-hydrogen) atoms. The van der Waals surface area contributed by atoms with Crippen molar-refractivity contribution in [3.05, 3.63) is 64.5 Å². The number of hydrogen-bond donors (Lipinski definition) is 0. The molecule has 1 aromatic carbocycles. The molecule has 6 heteroatoms. The van der Waals surface area contributed by atoms with E-state index in [0.29, 0.717) is 5.76 Å². The van der Waals surface area contributed by atoms with Crippen LogP contribution in [0.15, 0.2) is 51.7 Å². The summed E-state index contributed by atoms with van der Waals surface area (Å²) in [5, 5.41) is 0.187. The number of halogens is 2. The van der Waals surface area contributed by atoms with E-state index in [4.69, 9.17) is 20.8 Å². The number of esters is 1. The van der Waals surface area contributed by atoms with Gasteiger partial charge in [-0.05, 0) is 30.3 Å². The summed E-state index contributed by atoms with van der Waals surface area (Å²) in [6.07, 6.45) is 2.68. The summed E-state index contributed by atoms with van der Waals surface area (Å²) in [5.74, 6) is -0.865. The number of cyclic esters (lactones) is 1. The van der Waals surface area contributed by atoms with E-state index in [1.165, 1.54) is 30.5 Å². The van der Waals surface area contributed by atoms with E-state index >= 15 is 0 Å². The fourth-order valence-electron chi connectivity index (χ4n) is 1.70. The molecule has 2 aromatic rings. The fraction of sp³-hybridized carbons (Fsp3) is 0. The van der Waals surface area contributed by atoms with E-state index in [1.807, 2.05) is 0 Å². The Morgan fingerprint density at radius 3 is 2.80 bits per heavy atom. The van der Waals surface area contributed by atoms with E-state index in [2.05, 4.69) is 4.99 Å². The summed E-state index contributed by atoms with van der Waals surface area (Å²) in [6, 6.07) is 7.49. The predicted molar refractivity (Wildman–Crippen MR) is 70.7 cm³/mol. The maximum atomic E-state index is 13.7. The highest BCUT2D eigenvalue weighted by atomic mass is 35.5. The molecule has 1 aromatic heterocycles. The first kappa shape index (κ1) is 12.6. The molecule has 0 aliphatic carbocycles. The van der Waals surface area contributed by atoms with Gasteiger partial charge in [-0.15, -0.1) is 0 Å². The first-order valence-electron chi connectivity index (χ1n) is 5.65. The van der Waals surface area contributed by atoms with Crippen LogP contribution in [0.3, 0.4) is 0 Å². The first-order chi connectivity index (χ1) is 9.65. The van der Waals surface area contributed by atoms with Crippen molar-refractivity contribution in [3.8, 4) is 0 Å². The smallest absolute Gasteiger partial charge is 0.363 e. The van der Waals surface area contributed by atoms with Gasteiger partial charge in [0.05, 0.1) is 11.3 Å². The summed E-state index contributed by atoms with van der Waals surface area (Å²) < 4.78 is 23.7. The molecule has 0 N–H and O–H groups in total. The second kappa shape index (κ2) is 4.94. The van der Waals surface area contributed by atoms with E-state index < -0.39 is 11.8 Å². The molecular formula is C14H7ClFNO3. The summed E-state index contributed by atoms with van der Waals surface area (Å²) in [7, 11) is 0. The fourth-order valence-corrected chi connectivity index (χ4v) is 1.92. The number of furan rings is 1. The van der Waals surface area contributed by atoms with Crippen LogP contribution in [0.2, 0.25) is 5.02 Å². The van der Waals surface area contributed by atoms with Crippen LogP contribution >= 0.6 is 11.6 Å². The number of carbonyl (C=O) groups is 1. The number of hydrogen-bond acceptors (Lipinski definition) is 4. The third-order valence-electron chi connectivity index (χ3n) is 2.63. The Bertz CT molecular complexity index is 715. The van der Waals surface area contributed by atoms with Gasteiger partial charge in [0.2, 0.25) is 0 Å².